The van der Waals surface area contributed by atoms with E-state index in [4.69, 9.17) is 4.74 Å². The number of hydrogen-bond donors (Lipinski definition) is 1. The Morgan fingerprint density at radius 2 is 1.80 bits per heavy atom. The van der Waals surface area contributed by atoms with Crippen LogP contribution in [0, 0.1) is 11.6 Å². The van der Waals surface area contributed by atoms with E-state index in [1.807, 2.05) is 6.07 Å². The van der Waals surface area contributed by atoms with Crippen LogP contribution in [0.25, 0.3) is 0 Å². The van der Waals surface area contributed by atoms with E-state index in [2.05, 4.69) is 5.32 Å². The molecule has 0 amide bonds. The number of rotatable bonds is 6. The Labute approximate surface area is 117 Å². The van der Waals surface area contributed by atoms with Crippen LogP contribution in [0.3, 0.4) is 0 Å². The third-order valence-corrected chi connectivity index (χ3v) is 3.10. The van der Waals surface area contributed by atoms with Gasteiger partial charge in [0, 0.05) is 18.2 Å². The molecule has 0 heterocycles. The van der Waals surface area contributed by atoms with Crippen molar-refractivity contribution in [3.8, 4) is 5.75 Å². The van der Waals surface area contributed by atoms with Gasteiger partial charge in [-0.15, -0.1) is 0 Å². The summed E-state index contributed by atoms with van der Waals surface area (Å²) in [5, 5.41) is 3.11. The average Bonchev–Trinajstić information content (AvgIpc) is 2.46. The lowest BCUT2D eigenvalue weighted by Gasteiger charge is -2.08. The molecule has 1 N–H and O–H groups in total. The van der Waals surface area contributed by atoms with E-state index < -0.39 is 0 Å². The molecule has 0 aliphatic heterocycles. The Morgan fingerprint density at radius 3 is 2.50 bits per heavy atom. The SMILES string of the molecule is COc1ccc(CNCCc2ccccc2F)c(F)c1. The minimum Gasteiger partial charge on any atom is -0.497 e. The Balaban J connectivity index is 1.83. The maximum absolute atomic E-state index is 13.7. The lowest BCUT2D eigenvalue weighted by Crippen LogP contribution is -2.17. The molecular weight excluding hydrogens is 260 g/mol. The first kappa shape index (κ1) is 14.5. The third kappa shape index (κ3) is 3.78. The summed E-state index contributed by atoms with van der Waals surface area (Å²) in [6, 6.07) is 11.4. The number of methoxy groups -OCH3 is 1. The highest BCUT2D eigenvalue weighted by molar-refractivity contribution is 5.28. The van der Waals surface area contributed by atoms with Gasteiger partial charge in [-0.3, -0.25) is 0 Å². The van der Waals surface area contributed by atoms with Gasteiger partial charge in [-0.05, 0) is 30.7 Å². The Morgan fingerprint density at radius 1 is 1.00 bits per heavy atom. The van der Waals surface area contributed by atoms with Gasteiger partial charge >= 0.3 is 0 Å². The maximum atomic E-state index is 13.7. The lowest BCUT2D eigenvalue weighted by atomic mass is 10.1. The minimum atomic E-state index is -0.303. The first-order valence-electron chi connectivity index (χ1n) is 6.47. The zero-order valence-corrected chi connectivity index (χ0v) is 11.3. The van der Waals surface area contributed by atoms with Crippen LogP contribution in [0.1, 0.15) is 11.1 Å². The average molecular weight is 277 g/mol. The fourth-order valence-electron chi connectivity index (χ4n) is 1.95. The fourth-order valence-corrected chi connectivity index (χ4v) is 1.95. The first-order chi connectivity index (χ1) is 9.70. The molecule has 0 spiro atoms. The maximum Gasteiger partial charge on any atom is 0.131 e. The molecule has 0 fully saturated rings. The van der Waals surface area contributed by atoms with E-state index in [9.17, 15) is 8.78 Å². The molecular formula is C16H17F2NO. The van der Waals surface area contributed by atoms with Gasteiger partial charge < -0.3 is 10.1 Å². The summed E-state index contributed by atoms with van der Waals surface area (Å²) in [5.74, 6) is -0.00900. The van der Waals surface area contributed by atoms with Gasteiger partial charge in [0.2, 0.25) is 0 Å². The molecule has 4 heteroatoms. The lowest BCUT2D eigenvalue weighted by molar-refractivity contribution is 0.410. The van der Waals surface area contributed by atoms with E-state index in [1.165, 1.54) is 19.2 Å². The zero-order chi connectivity index (χ0) is 14.4. The molecule has 106 valence electrons. The predicted octanol–water partition coefficient (Wildman–Crippen LogP) is 3.31. The number of hydrogen-bond acceptors (Lipinski definition) is 2. The normalized spacial score (nSPS) is 10.6. The van der Waals surface area contributed by atoms with Crippen LogP contribution in [-0.2, 0) is 13.0 Å². The second-order valence-electron chi connectivity index (χ2n) is 4.48. The molecule has 0 aliphatic carbocycles. The summed E-state index contributed by atoms with van der Waals surface area (Å²) in [4.78, 5) is 0. The molecule has 2 aromatic rings. The molecule has 0 saturated heterocycles. The van der Waals surface area contributed by atoms with Gasteiger partial charge in [0.25, 0.3) is 0 Å². The summed E-state index contributed by atoms with van der Waals surface area (Å²) in [5.41, 5.74) is 1.23. The highest BCUT2D eigenvalue weighted by Gasteiger charge is 2.04. The molecule has 0 unspecified atom stereocenters. The third-order valence-electron chi connectivity index (χ3n) is 3.10. The van der Waals surface area contributed by atoms with Crippen molar-refractivity contribution in [2.75, 3.05) is 13.7 Å². The van der Waals surface area contributed by atoms with Gasteiger partial charge in [0.05, 0.1) is 7.11 Å². The van der Waals surface area contributed by atoms with Crippen LogP contribution in [0.5, 0.6) is 5.75 Å². The van der Waals surface area contributed by atoms with Gasteiger partial charge in [0.15, 0.2) is 0 Å². The summed E-state index contributed by atoms with van der Waals surface area (Å²) < 4.78 is 32.0. The van der Waals surface area contributed by atoms with Crippen LogP contribution in [0.4, 0.5) is 8.78 Å². The van der Waals surface area contributed by atoms with Gasteiger partial charge in [-0.2, -0.15) is 0 Å². The second-order valence-corrected chi connectivity index (χ2v) is 4.48. The van der Waals surface area contributed by atoms with Crippen molar-refractivity contribution >= 4 is 0 Å². The van der Waals surface area contributed by atoms with E-state index in [0.29, 0.717) is 36.4 Å². The molecule has 0 radical (unpaired) electrons. The Bertz CT molecular complexity index is 572. The topological polar surface area (TPSA) is 21.3 Å². The summed E-state index contributed by atoms with van der Waals surface area (Å²) in [6.07, 6.45) is 0.574. The van der Waals surface area contributed by atoms with Crippen LogP contribution in [-0.4, -0.2) is 13.7 Å². The minimum absolute atomic E-state index is 0.204. The van der Waals surface area contributed by atoms with Crippen molar-refractivity contribution in [3.05, 3.63) is 65.2 Å². The molecule has 2 aromatic carbocycles. The van der Waals surface area contributed by atoms with Gasteiger partial charge in [-0.1, -0.05) is 24.3 Å². The molecule has 0 aromatic heterocycles. The molecule has 0 aliphatic rings. The van der Waals surface area contributed by atoms with E-state index in [0.717, 1.165) is 0 Å². The Hall–Kier alpha value is -1.94. The molecule has 0 atom stereocenters. The van der Waals surface area contributed by atoms with E-state index >= 15 is 0 Å². The van der Waals surface area contributed by atoms with Crippen LogP contribution in [0.15, 0.2) is 42.5 Å². The van der Waals surface area contributed by atoms with Gasteiger partial charge in [-0.25, -0.2) is 8.78 Å². The highest BCUT2D eigenvalue weighted by atomic mass is 19.1. The molecule has 20 heavy (non-hydrogen) atoms. The zero-order valence-electron chi connectivity index (χ0n) is 11.3. The molecule has 2 nitrogen and oxygen atoms in total. The predicted molar refractivity (Wildman–Crippen MR) is 74.8 cm³/mol. The summed E-state index contributed by atoms with van der Waals surface area (Å²) in [7, 11) is 1.50. The Kier molecular flexibility index (Phi) is 5.07. The van der Waals surface area contributed by atoms with Gasteiger partial charge in [0.1, 0.15) is 17.4 Å². The largest absolute Gasteiger partial charge is 0.497 e. The number of ether oxygens (including phenoxy) is 1. The van der Waals surface area contributed by atoms with Crippen molar-refractivity contribution in [2.24, 2.45) is 0 Å². The quantitative estimate of drug-likeness (QED) is 0.818. The molecule has 0 saturated carbocycles. The van der Waals surface area contributed by atoms with Crippen molar-refractivity contribution in [1.29, 1.82) is 0 Å². The van der Waals surface area contributed by atoms with Crippen LogP contribution < -0.4 is 10.1 Å². The monoisotopic (exact) mass is 277 g/mol. The summed E-state index contributed by atoms with van der Waals surface area (Å²) in [6.45, 7) is 0.997. The molecule has 0 bridgehead atoms. The van der Waals surface area contributed by atoms with Crippen LogP contribution >= 0.6 is 0 Å². The van der Waals surface area contributed by atoms with E-state index in [-0.39, 0.29) is 11.6 Å². The standard InChI is InChI=1S/C16H17F2NO/c1-20-14-7-6-13(16(18)10-14)11-19-9-8-12-4-2-3-5-15(12)17/h2-7,10,19H,8-9,11H2,1H3. The van der Waals surface area contributed by atoms with Crippen LogP contribution in [0.2, 0.25) is 0 Å². The second kappa shape index (κ2) is 7.01. The first-order valence-corrected chi connectivity index (χ1v) is 6.47. The number of halogens is 2. The fraction of sp³-hybridized carbons (Fsp3) is 0.250. The number of benzene rings is 2. The highest BCUT2D eigenvalue weighted by Crippen LogP contribution is 2.16. The van der Waals surface area contributed by atoms with Crippen molar-refractivity contribution in [1.82, 2.24) is 5.32 Å². The van der Waals surface area contributed by atoms with Crippen molar-refractivity contribution < 1.29 is 13.5 Å². The molecule has 2 rings (SSSR count). The number of nitrogens with one attached hydrogen (secondary N) is 1. The smallest absolute Gasteiger partial charge is 0.131 e. The van der Waals surface area contributed by atoms with Crippen molar-refractivity contribution in [3.63, 3.8) is 0 Å². The van der Waals surface area contributed by atoms with Crippen molar-refractivity contribution in [2.45, 2.75) is 13.0 Å². The van der Waals surface area contributed by atoms with E-state index in [1.54, 1.807) is 24.3 Å². The summed E-state index contributed by atoms with van der Waals surface area (Å²) >= 11 is 0.